The Bertz CT molecular complexity index is 143. The number of halogens is 3. The SMILES string of the molecule is CN(C)C(=O)NCC(F)(F)F. The minimum Gasteiger partial charge on any atom is -0.331 e. The fourth-order valence-electron chi connectivity index (χ4n) is 0.334. The van der Waals surface area contributed by atoms with Crippen LogP contribution in [0.2, 0.25) is 0 Å². The van der Waals surface area contributed by atoms with Crippen molar-refractivity contribution in [1.29, 1.82) is 0 Å². The second-order valence-corrected chi connectivity index (χ2v) is 2.17. The molecule has 2 amide bonds. The molecule has 0 spiro atoms. The molecular formula is C5H9F3N2O. The van der Waals surface area contributed by atoms with Crippen molar-refractivity contribution in [1.82, 2.24) is 10.2 Å². The number of alkyl halides is 3. The predicted octanol–water partition coefficient (Wildman–Crippen LogP) is 0.820. The quantitative estimate of drug-likeness (QED) is 0.620. The molecule has 0 aliphatic rings. The number of carbonyl (C=O) groups is 1. The largest absolute Gasteiger partial charge is 0.405 e. The number of urea groups is 1. The predicted molar refractivity (Wildman–Crippen MR) is 33.1 cm³/mol. The zero-order valence-corrected chi connectivity index (χ0v) is 6.20. The van der Waals surface area contributed by atoms with Gasteiger partial charge in [0.15, 0.2) is 0 Å². The van der Waals surface area contributed by atoms with E-state index in [-0.39, 0.29) is 0 Å². The summed E-state index contributed by atoms with van der Waals surface area (Å²) in [5, 5.41) is 1.68. The number of hydrogen-bond donors (Lipinski definition) is 1. The van der Waals surface area contributed by atoms with E-state index in [0.717, 1.165) is 4.90 Å². The lowest BCUT2D eigenvalue weighted by Gasteiger charge is -2.12. The van der Waals surface area contributed by atoms with Crippen molar-refractivity contribution in [2.24, 2.45) is 0 Å². The summed E-state index contributed by atoms with van der Waals surface area (Å²) in [6, 6.07) is -0.748. The van der Waals surface area contributed by atoms with Crippen molar-refractivity contribution >= 4 is 6.03 Å². The van der Waals surface area contributed by atoms with Crippen LogP contribution in [-0.2, 0) is 0 Å². The van der Waals surface area contributed by atoms with Crippen molar-refractivity contribution < 1.29 is 18.0 Å². The molecule has 11 heavy (non-hydrogen) atoms. The molecule has 0 radical (unpaired) electrons. The summed E-state index contributed by atoms with van der Waals surface area (Å²) < 4.78 is 34.3. The molecule has 0 aliphatic heterocycles. The molecule has 0 aromatic rings. The minimum atomic E-state index is -4.34. The van der Waals surface area contributed by atoms with Crippen molar-refractivity contribution in [3.8, 4) is 0 Å². The second kappa shape index (κ2) is 3.45. The zero-order valence-electron chi connectivity index (χ0n) is 6.20. The van der Waals surface area contributed by atoms with Crippen LogP contribution in [0.4, 0.5) is 18.0 Å². The number of carbonyl (C=O) groups excluding carboxylic acids is 1. The fraction of sp³-hybridized carbons (Fsp3) is 0.800. The third-order valence-corrected chi connectivity index (χ3v) is 0.846. The van der Waals surface area contributed by atoms with Crippen molar-refractivity contribution in [3.05, 3.63) is 0 Å². The first-order valence-electron chi connectivity index (χ1n) is 2.85. The van der Waals surface area contributed by atoms with Crippen LogP contribution in [0.1, 0.15) is 0 Å². The van der Waals surface area contributed by atoms with E-state index in [1.54, 1.807) is 5.32 Å². The monoisotopic (exact) mass is 170 g/mol. The average Bonchev–Trinajstić information content (AvgIpc) is 1.80. The van der Waals surface area contributed by atoms with Gasteiger partial charge in [0, 0.05) is 14.1 Å². The first-order valence-corrected chi connectivity index (χ1v) is 2.85. The Balaban J connectivity index is 3.64. The highest BCUT2D eigenvalue weighted by Gasteiger charge is 2.27. The average molecular weight is 170 g/mol. The first-order chi connectivity index (χ1) is 4.83. The van der Waals surface area contributed by atoms with E-state index in [4.69, 9.17) is 0 Å². The third-order valence-electron chi connectivity index (χ3n) is 0.846. The van der Waals surface area contributed by atoms with E-state index < -0.39 is 18.8 Å². The first kappa shape index (κ1) is 10.1. The minimum absolute atomic E-state index is 0.748. The molecule has 0 aliphatic carbocycles. The van der Waals surface area contributed by atoms with Crippen LogP contribution in [0.3, 0.4) is 0 Å². The van der Waals surface area contributed by atoms with E-state index >= 15 is 0 Å². The van der Waals surface area contributed by atoms with Gasteiger partial charge in [-0.3, -0.25) is 0 Å². The molecule has 0 atom stereocenters. The Morgan fingerprint density at radius 1 is 1.45 bits per heavy atom. The van der Waals surface area contributed by atoms with Crippen molar-refractivity contribution in [2.75, 3.05) is 20.6 Å². The molecule has 0 rings (SSSR count). The highest BCUT2D eigenvalue weighted by atomic mass is 19.4. The molecule has 66 valence electrons. The summed E-state index contributed by atoms with van der Waals surface area (Å²) in [4.78, 5) is 11.5. The molecule has 1 N–H and O–H groups in total. The Hall–Kier alpha value is -0.940. The summed E-state index contributed by atoms with van der Waals surface area (Å²) in [5.74, 6) is 0. The normalized spacial score (nSPS) is 11.0. The van der Waals surface area contributed by atoms with Gasteiger partial charge in [-0.15, -0.1) is 0 Å². The van der Waals surface area contributed by atoms with Gasteiger partial charge in [0.2, 0.25) is 0 Å². The van der Waals surface area contributed by atoms with Crippen LogP contribution in [0.25, 0.3) is 0 Å². The number of amides is 2. The van der Waals surface area contributed by atoms with Gasteiger partial charge in [0.25, 0.3) is 0 Å². The van der Waals surface area contributed by atoms with Crippen LogP contribution in [-0.4, -0.2) is 37.7 Å². The molecule has 0 unspecified atom stereocenters. The van der Waals surface area contributed by atoms with Crippen LogP contribution in [0.15, 0.2) is 0 Å². The van der Waals surface area contributed by atoms with Gasteiger partial charge in [-0.25, -0.2) is 4.79 Å². The molecule has 0 aromatic heterocycles. The summed E-state index contributed by atoms with van der Waals surface area (Å²) >= 11 is 0. The van der Waals surface area contributed by atoms with Crippen molar-refractivity contribution in [2.45, 2.75) is 6.18 Å². The molecule has 6 heteroatoms. The van der Waals surface area contributed by atoms with Crippen LogP contribution in [0.5, 0.6) is 0 Å². The fourth-order valence-corrected chi connectivity index (χ4v) is 0.334. The topological polar surface area (TPSA) is 32.3 Å². The van der Waals surface area contributed by atoms with Gasteiger partial charge in [0.1, 0.15) is 6.54 Å². The Kier molecular flexibility index (Phi) is 3.16. The molecule has 0 bridgehead atoms. The molecule has 3 nitrogen and oxygen atoms in total. The maximum atomic E-state index is 11.4. The van der Waals surface area contributed by atoms with E-state index in [1.807, 2.05) is 0 Å². The second-order valence-electron chi connectivity index (χ2n) is 2.17. The molecule has 0 saturated heterocycles. The van der Waals surface area contributed by atoms with Gasteiger partial charge in [-0.05, 0) is 0 Å². The molecule has 0 saturated carbocycles. The third kappa shape index (κ3) is 5.50. The van der Waals surface area contributed by atoms with E-state index in [9.17, 15) is 18.0 Å². The van der Waals surface area contributed by atoms with Crippen LogP contribution >= 0.6 is 0 Å². The molecule has 0 aromatic carbocycles. The molecule has 0 heterocycles. The van der Waals surface area contributed by atoms with Crippen LogP contribution < -0.4 is 5.32 Å². The summed E-state index contributed by atoms with van der Waals surface area (Å²) in [6.45, 7) is -1.29. The number of nitrogens with one attached hydrogen (secondary N) is 1. The lowest BCUT2D eigenvalue weighted by Crippen LogP contribution is -2.40. The van der Waals surface area contributed by atoms with E-state index in [2.05, 4.69) is 0 Å². The Morgan fingerprint density at radius 2 is 1.91 bits per heavy atom. The van der Waals surface area contributed by atoms with E-state index in [0.29, 0.717) is 0 Å². The Labute approximate surface area is 62.2 Å². The Morgan fingerprint density at radius 3 is 2.18 bits per heavy atom. The summed E-state index contributed by atoms with van der Waals surface area (Å²) in [5.41, 5.74) is 0. The van der Waals surface area contributed by atoms with Gasteiger partial charge < -0.3 is 10.2 Å². The number of rotatable bonds is 1. The van der Waals surface area contributed by atoms with Crippen LogP contribution in [0, 0.1) is 0 Å². The summed E-state index contributed by atoms with van der Waals surface area (Å²) in [6.07, 6.45) is -4.34. The van der Waals surface area contributed by atoms with Gasteiger partial charge in [0.05, 0.1) is 0 Å². The van der Waals surface area contributed by atoms with Gasteiger partial charge in [-0.2, -0.15) is 13.2 Å². The highest BCUT2D eigenvalue weighted by molar-refractivity contribution is 5.73. The maximum absolute atomic E-state index is 11.4. The van der Waals surface area contributed by atoms with Gasteiger partial charge >= 0.3 is 12.2 Å². The summed E-state index contributed by atoms with van der Waals surface area (Å²) in [7, 11) is 2.73. The lowest BCUT2D eigenvalue weighted by atomic mass is 10.6. The number of hydrogen-bond acceptors (Lipinski definition) is 1. The van der Waals surface area contributed by atoms with Crippen molar-refractivity contribution in [3.63, 3.8) is 0 Å². The molecular weight excluding hydrogens is 161 g/mol. The zero-order chi connectivity index (χ0) is 9.07. The maximum Gasteiger partial charge on any atom is 0.405 e. The lowest BCUT2D eigenvalue weighted by molar-refractivity contribution is -0.123. The van der Waals surface area contributed by atoms with E-state index in [1.165, 1.54) is 14.1 Å². The van der Waals surface area contributed by atoms with Gasteiger partial charge in [-0.1, -0.05) is 0 Å². The smallest absolute Gasteiger partial charge is 0.331 e. The molecule has 0 fully saturated rings. The standard InChI is InChI=1S/C5H9F3N2O/c1-10(2)4(11)9-3-5(6,7)8/h3H2,1-2H3,(H,9,11). The number of nitrogens with zero attached hydrogens (tertiary/aromatic N) is 1. The highest BCUT2D eigenvalue weighted by Crippen LogP contribution is 2.11.